The monoisotopic (exact) mass is 546 g/mol. The average Bonchev–Trinajstić information content (AvgIpc) is 2.84. The van der Waals surface area contributed by atoms with Gasteiger partial charge in [-0.2, -0.15) is 0 Å². The summed E-state index contributed by atoms with van der Waals surface area (Å²) in [6.07, 6.45) is 0.352. The van der Waals surface area contributed by atoms with Crippen LogP contribution >= 0.6 is 35.0 Å². The minimum absolute atomic E-state index is 0.0897. The molecule has 4 nitrogen and oxygen atoms in total. The van der Waals surface area contributed by atoms with Crippen molar-refractivity contribution in [1.82, 2.24) is 10.2 Å². The lowest BCUT2D eigenvalue weighted by atomic mass is 10.0. The molecule has 0 aromatic heterocycles. The highest BCUT2D eigenvalue weighted by atomic mass is 35.5. The Hall–Kier alpha value is -2.54. The fraction of sp³-hybridized carbons (Fsp3) is 0.286. The van der Waals surface area contributed by atoms with Gasteiger partial charge in [-0.15, -0.1) is 11.8 Å². The molecule has 0 radical (unpaired) electrons. The van der Waals surface area contributed by atoms with Crippen LogP contribution in [0.2, 0.25) is 10.0 Å². The predicted molar refractivity (Wildman–Crippen MR) is 147 cm³/mol. The van der Waals surface area contributed by atoms with E-state index in [1.165, 1.54) is 17.8 Å². The summed E-state index contributed by atoms with van der Waals surface area (Å²) in [6, 6.07) is 20.4. The van der Waals surface area contributed by atoms with Gasteiger partial charge in [0.15, 0.2) is 0 Å². The summed E-state index contributed by atoms with van der Waals surface area (Å²) in [7, 11) is 0. The number of nitrogens with zero attached hydrogens (tertiary/aromatic N) is 1. The topological polar surface area (TPSA) is 49.4 Å². The van der Waals surface area contributed by atoms with Gasteiger partial charge in [-0.05, 0) is 48.7 Å². The molecule has 0 spiro atoms. The maximum Gasteiger partial charge on any atom is 0.243 e. The molecular formula is C28H29Cl2FN2O2S. The van der Waals surface area contributed by atoms with Gasteiger partial charge in [-0.25, -0.2) is 4.39 Å². The van der Waals surface area contributed by atoms with E-state index in [1.807, 2.05) is 44.2 Å². The van der Waals surface area contributed by atoms with Crippen molar-refractivity contribution in [2.45, 2.75) is 44.6 Å². The van der Waals surface area contributed by atoms with E-state index in [1.54, 1.807) is 41.3 Å². The molecule has 0 saturated heterocycles. The molecular weight excluding hydrogens is 518 g/mol. The van der Waals surface area contributed by atoms with E-state index in [0.29, 0.717) is 27.8 Å². The number of benzene rings is 3. The van der Waals surface area contributed by atoms with Crippen LogP contribution < -0.4 is 5.32 Å². The van der Waals surface area contributed by atoms with Gasteiger partial charge in [0, 0.05) is 24.8 Å². The summed E-state index contributed by atoms with van der Waals surface area (Å²) >= 11 is 13.6. The van der Waals surface area contributed by atoms with E-state index >= 15 is 0 Å². The van der Waals surface area contributed by atoms with Gasteiger partial charge >= 0.3 is 0 Å². The first-order chi connectivity index (χ1) is 17.2. The Kier molecular flexibility index (Phi) is 10.7. The predicted octanol–water partition coefficient (Wildman–Crippen LogP) is 6.53. The van der Waals surface area contributed by atoms with E-state index in [-0.39, 0.29) is 36.0 Å². The molecule has 1 unspecified atom stereocenters. The van der Waals surface area contributed by atoms with Crippen molar-refractivity contribution in [2.24, 2.45) is 0 Å². The van der Waals surface area contributed by atoms with Gasteiger partial charge in [-0.3, -0.25) is 9.59 Å². The second-order valence-electron chi connectivity index (χ2n) is 8.72. The summed E-state index contributed by atoms with van der Waals surface area (Å²) in [5, 5.41) is 3.75. The van der Waals surface area contributed by atoms with Crippen molar-refractivity contribution < 1.29 is 14.0 Å². The van der Waals surface area contributed by atoms with Gasteiger partial charge in [0.1, 0.15) is 11.9 Å². The normalized spacial score (nSPS) is 11.8. The van der Waals surface area contributed by atoms with Crippen LogP contribution in [0.1, 0.15) is 30.5 Å². The smallest absolute Gasteiger partial charge is 0.243 e. The van der Waals surface area contributed by atoms with Crippen molar-refractivity contribution in [2.75, 3.05) is 5.75 Å². The van der Waals surface area contributed by atoms with E-state index < -0.39 is 6.04 Å². The molecule has 0 fully saturated rings. The van der Waals surface area contributed by atoms with Crippen LogP contribution in [0.15, 0.2) is 72.8 Å². The standard InChI is InChI=1S/C28H29Cl2FN2O2S/c1-19(2)32-28(35)26(15-20-8-4-3-5-9-20)33(16-21-12-13-23(29)24(30)14-21)27(34)18-36-17-22-10-6-7-11-25(22)31/h3-14,19,26H,15-18H2,1-2H3,(H,32,35). The molecule has 0 bridgehead atoms. The quantitative estimate of drug-likeness (QED) is 0.297. The molecule has 8 heteroatoms. The van der Waals surface area contributed by atoms with Crippen molar-refractivity contribution in [3.63, 3.8) is 0 Å². The number of rotatable bonds is 11. The molecule has 0 aliphatic rings. The fourth-order valence-corrected chi connectivity index (χ4v) is 4.93. The van der Waals surface area contributed by atoms with Crippen molar-refractivity contribution in [3.8, 4) is 0 Å². The van der Waals surface area contributed by atoms with Crippen molar-refractivity contribution >= 4 is 46.8 Å². The van der Waals surface area contributed by atoms with Gasteiger partial charge in [0.25, 0.3) is 0 Å². The Morgan fingerprint density at radius 2 is 1.64 bits per heavy atom. The number of carbonyl (C=O) groups excluding carboxylic acids is 2. The minimum atomic E-state index is -0.745. The summed E-state index contributed by atoms with van der Waals surface area (Å²) in [6.45, 7) is 3.94. The number of hydrogen-bond acceptors (Lipinski definition) is 3. The highest BCUT2D eigenvalue weighted by Gasteiger charge is 2.30. The lowest BCUT2D eigenvalue weighted by molar-refractivity contribution is -0.139. The third-order valence-electron chi connectivity index (χ3n) is 5.48. The van der Waals surface area contributed by atoms with Crippen LogP contribution in [0.25, 0.3) is 0 Å². The molecule has 36 heavy (non-hydrogen) atoms. The Morgan fingerprint density at radius 3 is 2.31 bits per heavy atom. The van der Waals surface area contributed by atoms with Crippen molar-refractivity contribution in [3.05, 3.63) is 105 Å². The number of halogens is 3. The highest BCUT2D eigenvalue weighted by Crippen LogP contribution is 2.25. The molecule has 1 atom stereocenters. The molecule has 0 aliphatic carbocycles. The SMILES string of the molecule is CC(C)NC(=O)C(Cc1ccccc1)N(Cc1ccc(Cl)c(Cl)c1)C(=O)CSCc1ccccc1F. The van der Waals surface area contributed by atoms with Crippen LogP contribution in [0, 0.1) is 5.82 Å². The Labute approximate surface area is 226 Å². The maximum absolute atomic E-state index is 14.0. The minimum Gasteiger partial charge on any atom is -0.352 e. The van der Waals surface area contributed by atoms with E-state index in [2.05, 4.69) is 5.32 Å². The number of nitrogens with one attached hydrogen (secondary N) is 1. The molecule has 190 valence electrons. The first kappa shape index (κ1) is 28.0. The van der Waals surface area contributed by atoms with Crippen LogP contribution in [0.4, 0.5) is 4.39 Å². The van der Waals surface area contributed by atoms with E-state index in [9.17, 15) is 14.0 Å². The van der Waals surface area contributed by atoms with E-state index in [0.717, 1.165) is 11.1 Å². The maximum atomic E-state index is 14.0. The van der Waals surface area contributed by atoms with Crippen LogP contribution in [0.3, 0.4) is 0 Å². The Bertz CT molecular complexity index is 1180. The lowest BCUT2D eigenvalue weighted by Crippen LogP contribution is -2.52. The van der Waals surface area contributed by atoms with Crippen molar-refractivity contribution in [1.29, 1.82) is 0 Å². The third-order valence-corrected chi connectivity index (χ3v) is 7.19. The van der Waals surface area contributed by atoms with Crippen LogP contribution in [-0.2, 0) is 28.3 Å². The summed E-state index contributed by atoms with van der Waals surface area (Å²) in [5.41, 5.74) is 2.23. The molecule has 0 aliphatic heterocycles. The van der Waals surface area contributed by atoms with E-state index in [4.69, 9.17) is 23.2 Å². The second kappa shape index (κ2) is 13.7. The van der Waals surface area contributed by atoms with Crippen LogP contribution in [0.5, 0.6) is 0 Å². The Balaban J connectivity index is 1.88. The summed E-state index contributed by atoms with van der Waals surface area (Å²) in [4.78, 5) is 28.5. The third kappa shape index (κ3) is 8.26. The number of thioether (sulfide) groups is 1. The first-order valence-corrected chi connectivity index (χ1v) is 13.5. The van der Waals surface area contributed by atoms with Gasteiger partial charge in [0.2, 0.25) is 11.8 Å². The first-order valence-electron chi connectivity index (χ1n) is 11.6. The summed E-state index contributed by atoms with van der Waals surface area (Å²) < 4.78 is 14.0. The average molecular weight is 548 g/mol. The zero-order chi connectivity index (χ0) is 26.1. The molecule has 3 rings (SSSR count). The molecule has 3 aromatic rings. The Morgan fingerprint density at radius 1 is 0.944 bits per heavy atom. The largest absolute Gasteiger partial charge is 0.352 e. The van der Waals surface area contributed by atoms with Gasteiger partial charge in [-0.1, -0.05) is 77.8 Å². The van der Waals surface area contributed by atoms with Crippen LogP contribution in [-0.4, -0.2) is 34.6 Å². The molecule has 1 N–H and O–H groups in total. The molecule has 3 aromatic carbocycles. The fourth-order valence-electron chi connectivity index (χ4n) is 3.72. The lowest BCUT2D eigenvalue weighted by Gasteiger charge is -2.32. The molecule has 2 amide bonds. The second-order valence-corrected chi connectivity index (χ2v) is 10.5. The molecule has 0 heterocycles. The number of amides is 2. The zero-order valence-electron chi connectivity index (χ0n) is 20.2. The number of hydrogen-bond donors (Lipinski definition) is 1. The highest BCUT2D eigenvalue weighted by molar-refractivity contribution is 7.99. The zero-order valence-corrected chi connectivity index (χ0v) is 22.5. The van der Waals surface area contributed by atoms with Gasteiger partial charge < -0.3 is 10.2 Å². The van der Waals surface area contributed by atoms with Gasteiger partial charge in [0.05, 0.1) is 15.8 Å². The number of carbonyl (C=O) groups is 2. The molecule has 0 saturated carbocycles. The summed E-state index contributed by atoms with van der Waals surface area (Å²) in [5.74, 6) is -0.316.